The van der Waals surface area contributed by atoms with Crippen molar-refractivity contribution < 1.29 is 9.53 Å². The molecule has 0 saturated carbocycles. The van der Waals surface area contributed by atoms with Crippen LogP contribution in [0.5, 0.6) is 5.75 Å². The molecule has 1 N–H and O–H groups in total. The van der Waals surface area contributed by atoms with Gasteiger partial charge in [-0.2, -0.15) is 11.8 Å². The van der Waals surface area contributed by atoms with Crippen LogP contribution in [0.1, 0.15) is 20.8 Å². The van der Waals surface area contributed by atoms with E-state index < -0.39 is 0 Å². The number of amides is 1. The normalized spacial score (nSPS) is 10.6. The molecule has 1 amide bonds. The van der Waals surface area contributed by atoms with Gasteiger partial charge in [0, 0.05) is 21.8 Å². The molecule has 1 heterocycles. The lowest BCUT2D eigenvalue weighted by Gasteiger charge is -2.04. The van der Waals surface area contributed by atoms with E-state index in [0.717, 1.165) is 33.2 Å². The van der Waals surface area contributed by atoms with Crippen LogP contribution in [0.3, 0.4) is 0 Å². The molecule has 4 nitrogen and oxygen atoms in total. The number of hydrogen-bond donors (Lipinski definition) is 1. The molecule has 0 saturated heterocycles. The number of benzene rings is 2. The van der Waals surface area contributed by atoms with Gasteiger partial charge in [0.05, 0.1) is 12.8 Å². The van der Waals surface area contributed by atoms with E-state index in [-0.39, 0.29) is 5.91 Å². The summed E-state index contributed by atoms with van der Waals surface area (Å²) in [6, 6.07) is 15.4. The molecule has 1 aromatic heterocycles. The molecule has 0 aliphatic heterocycles. The molecule has 0 unspecified atom stereocenters. The Balaban J connectivity index is 1.78. The van der Waals surface area contributed by atoms with Crippen molar-refractivity contribution in [3.05, 3.63) is 64.5 Å². The summed E-state index contributed by atoms with van der Waals surface area (Å²) in [5.41, 5.74) is 3.67. The summed E-state index contributed by atoms with van der Waals surface area (Å²) >= 11 is 3.21. The number of methoxy groups -OCH3 is 1. The maximum absolute atomic E-state index is 12.5. The van der Waals surface area contributed by atoms with Crippen LogP contribution in [0.2, 0.25) is 0 Å². The van der Waals surface area contributed by atoms with Gasteiger partial charge in [-0.25, -0.2) is 4.98 Å². The second-order valence-corrected chi connectivity index (χ2v) is 7.81. The Bertz CT molecular complexity index is 904. The number of hydrogen-bond acceptors (Lipinski definition) is 5. The van der Waals surface area contributed by atoms with Crippen molar-refractivity contribution in [3.8, 4) is 17.0 Å². The van der Waals surface area contributed by atoms with Crippen molar-refractivity contribution in [2.45, 2.75) is 12.7 Å². The van der Waals surface area contributed by atoms with Gasteiger partial charge >= 0.3 is 0 Å². The van der Waals surface area contributed by atoms with Gasteiger partial charge in [0.15, 0.2) is 5.13 Å². The van der Waals surface area contributed by atoms with Crippen LogP contribution >= 0.6 is 23.1 Å². The lowest BCUT2D eigenvalue weighted by atomic mass is 10.1. The quantitative estimate of drug-likeness (QED) is 0.631. The van der Waals surface area contributed by atoms with E-state index in [2.05, 4.69) is 10.3 Å². The highest BCUT2D eigenvalue weighted by molar-refractivity contribution is 7.97. The third kappa shape index (κ3) is 4.26. The van der Waals surface area contributed by atoms with E-state index in [4.69, 9.17) is 4.74 Å². The van der Waals surface area contributed by atoms with Crippen LogP contribution in [0.15, 0.2) is 48.5 Å². The predicted molar refractivity (Wildman–Crippen MR) is 110 cm³/mol. The van der Waals surface area contributed by atoms with Gasteiger partial charge in [-0.1, -0.05) is 12.1 Å². The largest absolute Gasteiger partial charge is 0.497 e. The van der Waals surface area contributed by atoms with E-state index in [1.165, 1.54) is 11.3 Å². The van der Waals surface area contributed by atoms with E-state index in [9.17, 15) is 4.79 Å². The van der Waals surface area contributed by atoms with Gasteiger partial charge in [0.1, 0.15) is 5.75 Å². The first-order chi connectivity index (χ1) is 12.6. The number of nitrogens with one attached hydrogen (secondary N) is 1. The molecule has 0 bridgehead atoms. The SMILES string of the molecule is COc1ccc(-c2nc(NC(=O)c3cccc(CSC)c3)sc2C)cc1. The standard InChI is InChI=1S/C20H20N2O2S2/c1-13-18(15-7-9-17(24-2)10-8-15)21-20(26-13)22-19(23)16-6-4-5-14(11-16)12-25-3/h4-11H,12H2,1-3H3,(H,21,22,23). The summed E-state index contributed by atoms with van der Waals surface area (Å²) in [5, 5.41) is 3.52. The Hall–Kier alpha value is -2.31. The number of carbonyl (C=O) groups is 1. The van der Waals surface area contributed by atoms with Gasteiger partial charge in [0.25, 0.3) is 5.91 Å². The van der Waals surface area contributed by atoms with Gasteiger partial charge in [0.2, 0.25) is 0 Å². The summed E-state index contributed by atoms with van der Waals surface area (Å²) in [6.07, 6.45) is 2.05. The molecule has 3 rings (SSSR count). The molecular weight excluding hydrogens is 364 g/mol. The lowest BCUT2D eigenvalue weighted by molar-refractivity contribution is 0.102. The minimum atomic E-state index is -0.136. The van der Waals surface area contributed by atoms with Crippen LogP contribution in [0.25, 0.3) is 11.3 Å². The zero-order valence-corrected chi connectivity index (χ0v) is 16.5. The van der Waals surface area contributed by atoms with Crippen molar-refractivity contribution in [3.63, 3.8) is 0 Å². The van der Waals surface area contributed by atoms with Crippen molar-refractivity contribution in [2.75, 3.05) is 18.7 Å². The molecule has 0 aliphatic rings. The third-order valence-corrected chi connectivity index (χ3v) is 5.39. The highest BCUT2D eigenvalue weighted by atomic mass is 32.2. The van der Waals surface area contributed by atoms with E-state index in [0.29, 0.717) is 10.7 Å². The summed E-state index contributed by atoms with van der Waals surface area (Å²) in [5.74, 6) is 1.56. The molecule has 0 radical (unpaired) electrons. The van der Waals surface area contributed by atoms with Crippen molar-refractivity contribution in [2.24, 2.45) is 0 Å². The maximum atomic E-state index is 12.5. The fourth-order valence-electron chi connectivity index (χ4n) is 2.60. The summed E-state index contributed by atoms with van der Waals surface area (Å²) < 4.78 is 5.19. The van der Waals surface area contributed by atoms with Crippen LogP contribution in [-0.2, 0) is 5.75 Å². The van der Waals surface area contributed by atoms with Gasteiger partial charge < -0.3 is 4.74 Å². The fourth-order valence-corrected chi connectivity index (χ4v) is 3.95. The molecule has 134 valence electrons. The topological polar surface area (TPSA) is 51.2 Å². The monoisotopic (exact) mass is 384 g/mol. The average molecular weight is 385 g/mol. The molecule has 2 aromatic carbocycles. The number of aryl methyl sites for hydroxylation is 1. The van der Waals surface area contributed by atoms with Crippen LogP contribution in [0.4, 0.5) is 5.13 Å². The van der Waals surface area contributed by atoms with Crippen molar-refractivity contribution in [1.82, 2.24) is 4.98 Å². The molecular formula is C20H20N2O2S2. The lowest BCUT2D eigenvalue weighted by Crippen LogP contribution is -2.11. The molecule has 0 aliphatic carbocycles. The highest BCUT2D eigenvalue weighted by Crippen LogP contribution is 2.31. The zero-order valence-electron chi connectivity index (χ0n) is 14.9. The molecule has 6 heteroatoms. The zero-order chi connectivity index (χ0) is 18.5. The van der Waals surface area contributed by atoms with Gasteiger partial charge in [-0.05, 0) is 55.1 Å². The Labute approximate surface area is 161 Å². The molecule has 0 spiro atoms. The number of thioether (sulfide) groups is 1. The van der Waals surface area contributed by atoms with Gasteiger partial charge in [-0.3, -0.25) is 10.1 Å². The first-order valence-electron chi connectivity index (χ1n) is 8.12. The van der Waals surface area contributed by atoms with E-state index >= 15 is 0 Å². The molecule has 3 aromatic rings. The highest BCUT2D eigenvalue weighted by Gasteiger charge is 2.13. The average Bonchev–Trinajstić information content (AvgIpc) is 3.02. The number of rotatable bonds is 6. The number of thiazole rings is 1. The molecule has 26 heavy (non-hydrogen) atoms. The van der Waals surface area contributed by atoms with Gasteiger partial charge in [-0.15, -0.1) is 11.3 Å². The second-order valence-electron chi connectivity index (χ2n) is 5.74. The summed E-state index contributed by atoms with van der Waals surface area (Å²) in [6.45, 7) is 2.01. The Morgan fingerprint density at radius 2 is 2.00 bits per heavy atom. The Kier molecular flexibility index (Phi) is 5.96. The minimum absolute atomic E-state index is 0.136. The van der Waals surface area contributed by atoms with Crippen LogP contribution in [-0.4, -0.2) is 24.3 Å². The van der Waals surface area contributed by atoms with Crippen LogP contribution < -0.4 is 10.1 Å². The predicted octanol–water partition coefficient (Wildman–Crippen LogP) is 5.24. The second kappa shape index (κ2) is 8.38. The first kappa shape index (κ1) is 18.5. The van der Waals surface area contributed by atoms with E-state index in [1.54, 1.807) is 18.9 Å². The molecule has 0 fully saturated rings. The molecule has 0 atom stereocenters. The number of nitrogens with zero attached hydrogens (tertiary/aromatic N) is 1. The first-order valence-corrected chi connectivity index (χ1v) is 10.3. The minimum Gasteiger partial charge on any atom is -0.497 e. The third-order valence-electron chi connectivity index (χ3n) is 3.88. The number of aromatic nitrogens is 1. The maximum Gasteiger partial charge on any atom is 0.257 e. The summed E-state index contributed by atoms with van der Waals surface area (Å²) in [4.78, 5) is 18.2. The van der Waals surface area contributed by atoms with Crippen molar-refractivity contribution >= 4 is 34.1 Å². The number of ether oxygens (including phenoxy) is 1. The number of anilines is 1. The number of carbonyl (C=O) groups excluding carboxylic acids is 1. The Morgan fingerprint density at radius 1 is 1.23 bits per heavy atom. The summed E-state index contributed by atoms with van der Waals surface area (Å²) in [7, 11) is 1.64. The van der Waals surface area contributed by atoms with E-state index in [1.807, 2.05) is 61.7 Å². The van der Waals surface area contributed by atoms with Crippen LogP contribution in [0, 0.1) is 6.92 Å². The Morgan fingerprint density at radius 3 is 2.69 bits per heavy atom. The smallest absolute Gasteiger partial charge is 0.257 e. The fraction of sp³-hybridized carbons (Fsp3) is 0.200. The van der Waals surface area contributed by atoms with Crippen molar-refractivity contribution in [1.29, 1.82) is 0 Å².